The highest BCUT2D eigenvalue weighted by Crippen LogP contribution is 1.97. The van der Waals surface area contributed by atoms with Crippen LogP contribution in [-0.4, -0.2) is 554 Å². The van der Waals surface area contributed by atoms with Crippen LogP contribution in [0.4, 0.5) is 0 Å². The van der Waals surface area contributed by atoms with Crippen LogP contribution in [0.5, 0.6) is 0 Å². The van der Waals surface area contributed by atoms with E-state index in [0.29, 0.717) is 535 Å². The zero-order chi connectivity index (χ0) is 94.3. The zero-order valence-electron chi connectivity index (χ0n) is 79.9. The van der Waals surface area contributed by atoms with Gasteiger partial charge in [-0.25, -0.2) is 0 Å². The first-order chi connectivity index (χ1) is 65.7. The molecule has 0 aliphatic rings. The van der Waals surface area contributed by atoms with Crippen LogP contribution in [-0.2, 0) is 199 Å². The van der Waals surface area contributed by atoms with E-state index < -0.39 is 0 Å². The minimum atomic E-state index is -0.101. The van der Waals surface area contributed by atoms with Gasteiger partial charge in [-0.2, -0.15) is 0 Å². The van der Waals surface area contributed by atoms with Crippen molar-refractivity contribution >= 4 is 11.8 Å². The number of hydrogen-bond donors (Lipinski definition) is 2. The predicted molar refractivity (Wildman–Crippen MR) is 478 cm³/mol. The van der Waals surface area contributed by atoms with Gasteiger partial charge in [0.1, 0.15) is 6.61 Å². The van der Waals surface area contributed by atoms with E-state index >= 15 is 0 Å². The molecule has 2 amide bonds. The Kier molecular flexibility index (Phi) is 121. The van der Waals surface area contributed by atoms with E-state index in [1.165, 1.54) is 0 Å². The van der Waals surface area contributed by atoms with Crippen LogP contribution >= 0.6 is 0 Å². The molecule has 0 spiro atoms. The van der Waals surface area contributed by atoms with Crippen molar-refractivity contribution in [3.8, 4) is 12.3 Å². The highest BCUT2D eigenvalue weighted by atomic mass is 16.6. The Morgan fingerprint density at radius 3 is 0.364 bits per heavy atom. The van der Waals surface area contributed by atoms with Gasteiger partial charge in [0.15, 0.2) is 0 Å². The lowest BCUT2D eigenvalue weighted by molar-refractivity contribution is -0.123. The Balaban J connectivity index is 3.12. The SMILES string of the molecule is C#CCOCCOCCOCCOCCC(=O)NCCOCCOCCOCCOCCOCCOCCOCCOCCOCCOCCOCCOCCOCCOCCOCCOCCOCCOCCOCCOCCOCCOCCOCCOCCOCCOCCOCCOCCOCCOCCOCCOCCOCCOCCOCCOCCC(=O)NC. The summed E-state index contributed by atoms with van der Waals surface area (Å²) in [5, 5.41) is 5.34. The van der Waals surface area contributed by atoms with Crippen molar-refractivity contribution in [2.24, 2.45) is 0 Å². The minimum absolute atomic E-state index is 0.0445. The Labute approximate surface area is 785 Å². The van der Waals surface area contributed by atoms with Gasteiger partial charge in [-0.1, -0.05) is 5.92 Å². The van der Waals surface area contributed by atoms with Crippen LogP contribution in [0, 0.1) is 12.3 Å². The standard InChI is InChI=1S/C88H172N2O42/c1-3-7-93-11-15-97-19-20-99-17-13-95-9-5-88(92)90-6-10-96-14-18-100-22-24-102-26-28-104-30-32-106-34-36-108-38-40-110-42-44-112-46-48-114-50-52-116-54-56-118-58-60-120-62-64-122-66-68-124-70-72-126-74-76-128-78-80-130-82-84-132-86-85-131-83-81-129-79-77-127-75-73-125-71-69-123-67-65-121-63-61-119-59-57-117-55-53-115-51-49-113-47-45-111-43-41-109-39-37-107-35-33-105-31-29-103-27-25-101-23-21-98-16-12-94-8-4-87(91)89-2/h1H,4-86H2,2H3,(H,89,91)(H,90,92). The molecule has 0 fully saturated rings. The normalized spacial score (nSPS) is 11.7. The monoisotopic (exact) mass is 1930 g/mol. The third kappa shape index (κ3) is 123. The van der Waals surface area contributed by atoms with Crippen molar-refractivity contribution in [1.29, 1.82) is 0 Å². The molecular formula is C88H172N2O42. The molecule has 0 atom stereocenters. The number of nitrogens with one attached hydrogen (secondary N) is 2. The maximum absolute atomic E-state index is 11.9. The van der Waals surface area contributed by atoms with Gasteiger partial charge in [-0.05, 0) is 0 Å². The molecule has 0 aromatic carbocycles. The van der Waals surface area contributed by atoms with Crippen LogP contribution in [0.25, 0.3) is 0 Å². The first-order valence-electron chi connectivity index (χ1n) is 46.7. The second-order valence-electron chi connectivity index (χ2n) is 26.7. The number of carbonyl (C=O) groups is 2. The van der Waals surface area contributed by atoms with Crippen molar-refractivity contribution in [1.82, 2.24) is 10.6 Å². The second kappa shape index (κ2) is 124. The van der Waals surface area contributed by atoms with E-state index in [1.54, 1.807) is 7.05 Å². The van der Waals surface area contributed by atoms with Crippen LogP contribution in [0.3, 0.4) is 0 Å². The molecule has 0 saturated heterocycles. The van der Waals surface area contributed by atoms with Crippen molar-refractivity contribution in [3.63, 3.8) is 0 Å². The van der Waals surface area contributed by atoms with E-state index in [4.69, 9.17) is 196 Å². The molecule has 0 unspecified atom stereocenters. The van der Waals surface area contributed by atoms with Gasteiger partial charge in [-0.15, -0.1) is 6.42 Å². The number of terminal acetylenes is 1. The topological polar surface area (TPSA) is 427 Å². The maximum Gasteiger partial charge on any atom is 0.222 e. The minimum Gasteiger partial charge on any atom is -0.379 e. The van der Waals surface area contributed by atoms with Crippen LogP contribution in [0.2, 0.25) is 0 Å². The highest BCUT2D eigenvalue weighted by Gasteiger charge is 2.07. The molecule has 0 aromatic heterocycles. The van der Waals surface area contributed by atoms with Crippen LogP contribution in [0.1, 0.15) is 12.8 Å². The molecule has 0 aliphatic heterocycles. The van der Waals surface area contributed by atoms with E-state index in [2.05, 4.69) is 16.6 Å². The number of hydrogen-bond acceptors (Lipinski definition) is 42. The van der Waals surface area contributed by atoms with Crippen molar-refractivity contribution in [2.75, 3.05) is 542 Å². The number of rotatable bonds is 124. The largest absolute Gasteiger partial charge is 0.379 e. The highest BCUT2D eigenvalue weighted by molar-refractivity contribution is 5.76. The van der Waals surface area contributed by atoms with Crippen molar-refractivity contribution < 1.29 is 199 Å². The Morgan fingerprint density at radius 2 is 0.250 bits per heavy atom. The van der Waals surface area contributed by atoms with E-state index in [0.717, 1.165) is 0 Å². The third-order valence-electron chi connectivity index (χ3n) is 16.1. The Hall–Kier alpha value is -3.10. The fourth-order valence-electron chi connectivity index (χ4n) is 9.40. The van der Waals surface area contributed by atoms with E-state index in [-0.39, 0.29) is 24.8 Å². The maximum atomic E-state index is 11.9. The number of carbonyl (C=O) groups excluding carboxylic acids is 2. The quantitative estimate of drug-likeness (QED) is 0.0594. The van der Waals surface area contributed by atoms with E-state index in [1.807, 2.05) is 0 Å². The molecule has 0 rings (SSSR count). The van der Waals surface area contributed by atoms with E-state index in [9.17, 15) is 9.59 Å². The fourth-order valence-corrected chi connectivity index (χ4v) is 9.40. The zero-order valence-corrected chi connectivity index (χ0v) is 79.9. The third-order valence-corrected chi connectivity index (χ3v) is 16.1. The summed E-state index contributed by atoms with van der Waals surface area (Å²) in [6, 6.07) is 0. The summed E-state index contributed by atoms with van der Waals surface area (Å²) in [6.45, 7) is 37.3. The number of ether oxygens (including phenoxy) is 40. The summed E-state index contributed by atoms with van der Waals surface area (Å²) in [4.78, 5) is 23.0. The summed E-state index contributed by atoms with van der Waals surface area (Å²) < 4.78 is 220. The summed E-state index contributed by atoms with van der Waals surface area (Å²) in [5.41, 5.74) is 0. The molecule has 44 heteroatoms. The Bertz CT molecular complexity index is 2120. The van der Waals surface area contributed by atoms with Gasteiger partial charge in [-0.3, -0.25) is 9.59 Å². The summed E-state index contributed by atoms with van der Waals surface area (Å²) in [7, 11) is 1.60. The lowest BCUT2D eigenvalue weighted by Gasteiger charge is -2.09. The van der Waals surface area contributed by atoms with Gasteiger partial charge >= 0.3 is 0 Å². The van der Waals surface area contributed by atoms with Crippen LogP contribution < -0.4 is 10.6 Å². The van der Waals surface area contributed by atoms with Crippen LogP contribution in [0.15, 0.2) is 0 Å². The molecule has 786 valence electrons. The molecular weight excluding hydrogens is 1760 g/mol. The molecule has 0 radical (unpaired) electrons. The van der Waals surface area contributed by atoms with Crippen molar-refractivity contribution in [3.05, 3.63) is 0 Å². The molecule has 0 aliphatic carbocycles. The summed E-state index contributed by atoms with van der Waals surface area (Å²) in [6.07, 6.45) is 5.71. The second-order valence-corrected chi connectivity index (χ2v) is 26.7. The first kappa shape index (κ1) is 129. The van der Waals surface area contributed by atoms with Gasteiger partial charge in [0.2, 0.25) is 11.8 Å². The van der Waals surface area contributed by atoms with Gasteiger partial charge in [0.05, 0.1) is 522 Å². The Morgan fingerprint density at radius 1 is 0.152 bits per heavy atom. The molecule has 132 heavy (non-hydrogen) atoms. The van der Waals surface area contributed by atoms with Gasteiger partial charge < -0.3 is 200 Å². The molecule has 0 bridgehead atoms. The number of amides is 2. The van der Waals surface area contributed by atoms with Gasteiger partial charge in [0.25, 0.3) is 0 Å². The average molecular weight is 1930 g/mol. The molecule has 44 nitrogen and oxygen atoms in total. The lowest BCUT2D eigenvalue weighted by Crippen LogP contribution is -2.28. The lowest BCUT2D eigenvalue weighted by atomic mass is 10.4. The molecule has 0 heterocycles. The predicted octanol–water partition coefficient (Wildman–Crippen LogP) is -0.0740. The molecule has 0 aromatic rings. The fraction of sp³-hybridized carbons (Fsp3) is 0.955. The summed E-state index contributed by atoms with van der Waals surface area (Å²) >= 11 is 0. The smallest absolute Gasteiger partial charge is 0.222 e. The molecule has 2 N–H and O–H groups in total. The van der Waals surface area contributed by atoms with Crippen molar-refractivity contribution in [2.45, 2.75) is 12.8 Å². The van der Waals surface area contributed by atoms with Gasteiger partial charge in [0, 0.05) is 26.4 Å². The average Bonchev–Trinajstić information content (AvgIpc) is 1.04. The first-order valence-corrected chi connectivity index (χ1v) is 46.7. The summed E-state index contributed by atoms with van der Waals surface area (Å²) in [5.74, 6) is 2.25. The molecule has 0 saturated carbocycles.